The first-order valence-corrected chi connectivity index (χ1v) is 18.5. The summed E-state index contributed by atoms with van der Waals surface area (Å²) in [5.41, 5.74) is 0. The Bertz CT molecular complexity index is 366. The summed E-state index contributed by atoms with van der Waals surface area (Å²) < 4.78 is 0. The van der Waals surface area contributed by atoms with Crippen LogP contribution in [0.4, 0.5) is 0 Å². The van der Waals surface area contributed by atoms with Gasteiger partial charge in [0.15, 0.2) is 0 Å². The number of hydrogen-bond donors (Lipinski definition) is 0. The summed E-state index contributed by atoms with van der Waals surface area (Å²) in [6.45, 7) is 46.6. The van der Waals surface area contributed by atoms with E-state index in [-0.39, 0.29) is 15.4 Å². The third kappa shape index (κ3) is 26.8. The van der Waals surface area contributed by atoms with Crippen molar-refractivity contribution in [2.45, 2.75) is 190 Å². The fourth-order valence-electron chi connectivity index (χ4n) is 5.22. The van der Waals surface area contributed by atoms with Crippen molar-refractivity contribution < 1.29 is 5.48 Å². The van der Waals surface area contributed by atoms with Crippen molar-refractivity contribution in [3.8, 4) is 0 Å². The fraction of sp³-hybridized carbons (Fsp3) is 1.00. The molecule has 0 rings (SSSR count). The Hall–Kier alpha value is 0.390. The third-order valence-corrected chi connectivity index (χ3v) is 12.3. The summed E-state index contributed by atoms with van der Waals surface area (Å²) in [6, 6.07) is 0. The maximum atomic E-state index is 2.38. The first kappa shape index (κ1) is 54.8. The van der Waals surface area contributed by atoms with Crippen LogP contribution < -0.4 is 0 Å². The Labute approximate surface area is 275 Å². The monoisotopic (exact) mass is 621 g/mol. The highest BCUT2D eigenvalue weighted by atomic mass is 31.0. The van der Waals surface area contributed by atoms with E-state index in [4.69, 9.17) is 0 Å². The van der Waals surface area contributed by atoms with Gasteiger partial charge in [-0.25, -0.2) is 0 Å². The van der Waals surface area contributed by atoms with Crippen LogP contribution in [0.15, 0.2) is 0 Å². The third-order valence-electron chi connectivity index (χ3n) is 12.3. The highest BCUT2D eigenvalue weighted by molar-refractivity contribution is 6.92. The van der Waals surface area contributed by atoms with Crippen LogP contribution in [0.2, 0.25) is 0 Å². The van der Waals surface area contributed by atoms with Crippen molar-refractivity contribution >= 4 is 9.90 Å². The zero-order valence-electron chi connectivity index (χ0n) is 33.8. The molecular formula is C40H93OP. The van der Waals surface area contributed by atoms with Gasteiger partial charge in [-0.1, -0.05) is 190 Å². The van der Waals surface area contributed by atoms with Gasteiger partial charge in [0, 0.05) is 0 Å². The van der Waals surface area contributed by atoms with E-state index >= 15 is 0 Å². The topological polar surface area (TPSA) is 31.5 Å². The van der Waals surface area contributed by atoms with Crippen LogP contribution in [0.1, 0.15) is 190 Å². The average molecular weight is 621 g/mol. The summed E-state index contributed by atoms with van der Waals surface area (Å²) in [5, 5.41) is 0. The molecule has 42 heavy (non-hydrogen) atoms. The molecule has 9 atom stereocenters. The molecule has 0 aliphatic heterocycles. The molecule has 2 heteroatoms. The SMILES string of the molecule is CCC(C)C(C)C(C)CC.CCC(C)C(C)C(C)CC.CCC(C)C(C)C(C)CC.CCC(C)C(C)C(C)CC.O.P. The van der Waals surface area contributed by atoms with Gasteiger partial charge in [0.25, 0.3) is 0 Å². The Balaban J connectivity index is -0.000000101. The zero-order valence-corrected chi connectivity index (χ0v) is 35.2. The van der Waals surface area contributed by atoms with Crippen molar-refractivity contribution in [3.05, 3.63) is 0 Å². The van der Waals surface area contributed by atoms with E-state index < -0.39 is 0 Å². The molecule has 0 fully saturated rings. The average Bonchev–Trinajstić information content (AvgIpc) is 3.00. The maximum Gasteiger partial charge on any atom is -0.0391 e. The maximum absolute atomic E-state index is 2.38. The molecule has 0 aliphatic carbocycles. The van der Waals surface area contributed by atoms with Crippen LogP contribution in [0.5, 0.6) is 0 Å². The molecular weight excluding hydrogens is 527 g/mol. The highest BCUT2D eigenvalue weighted by Gasteiger charge is 2.17. The summed E-state index contributed by atoms with van der Waals surface area (Å²) >= 11 is 0. The van der Waals surface area contributed by atoms with Crippen molar-refractivity contribution in [2.24, 2.45) is 71.0 Å². The largest absolute Gasteiger partial charge is 0.412 e. The van der Waals surface area contributed by atoms with E-state index in [9.17, 15) is 0 Å². The van der Waals surface area contributed by atoms with Crippen LogP contribution in [0, 0.1) is 71.0 Å². The molecule has 1 nitrogen and oxygen atoms in total. The van der Waals surface area contributed by atoms with Crippen LogP contribution >= 0.6 is 9.90 Å². The molecule has 264 valence electrons. The molecule has 0 aromatic heterocycles. The Morgan fingerprint density at radius 3 is 0.357 bits per heavy atom. The van der Waals surface area contributed by atoms with E-state index in [2.05, 4.69) is 138 Å². The normalized spacial score (nSPS) is 19.1. The van der Waals surface area contributed by atoms with Gasteiger partial charge in [0.2, 0.25) is 0 Å². The van der Waals surface area contributed by atoms with E-state index in [0.717, 1.165) is 71.0 Å². The van der Waals surface area contributed by atoms with Gasteiger partial charge in [-0.3, -0.25) is 0 Å². The van der Waals surface area contributed by atoms with Crippen molar-refractivity contribution in [1.82, 2.24) is 0 Å². The second kappa shape index (κ2) is 34.3. The molecule has 0 aliphatic rings. The van der Waals surface area contributed by atoms with Crippen molar-refractivity contribution in [3.63, 3.8) is 0 Å². The minimum Gasteiger partial charge on any atom is -0.412 e. The summed E-state index contributed by atoms with van der Waals surface area (Å²) in [5.74, 6) is 10.8. The lowest BCUT2D eigenvalue weighted by atomic mass is 9.82. The molecule has 0 bridgehead atoms. The molecule has 0 spiro atoms. The van der Waals surface area contributed by atoms with E-state index in [1.54, 1.807) is 0 Å². The lowest BCUT2D eigenvalue weighted by molar-refractivity contribution is 0.267. The smallest absolute Gasteiger partial charge is 0.0391 e. The Morgan fingerprint density at radius 2 is 0.310 bits per heavy atom. The van der Waals surface area contributed by atoms with Gasteiger partial charge in [-0.2, -0.15) is 9.90 Å². The predicted molar refractivity (Wildman–Crippen MR) is 207 cm³/mol. The van der Waals surface area contributed by atoms with Gasteiger partial charge in [0.1, 0.15) is 0 Å². The summed E-state index contributed by atoms with van der Waals surface area (Å²) in [6.07, 6.45) is 10.6. The zero-order chi connectivity index (χ0) is 32.6. The second-order valence-electron chi connectivity index (χ2n) is 14.5. The standard InChI is InChI=1S/4C10H22.H2O.H3P/c4*1-6-8(3)10(5)9(4)7-2;;/h4*8-10H,6-7H2,1-5H3;1H2;1H3. The molecule has 0 amide bonds. The lowest BCUT2D eigenvalue weighted by Crippen LogP contribution is -2.14. The van der Waals surface area contributed by atoms with Crippen molar-refractivity contribution in [1.29, 1.82) is 0 Å². The van der Waals surface area contributed by atoms with E-state index in [0.29, 0.717) is 0 Å². The van der Waals surface area contributed by atoms with Gasteiger partial charge in [-0.05, 0) is 71.0 Å². The van der Waals surface area contributed by atoms with E-state index in [1.165, 1.54) is 51.4 Å². The molecule has 0 aromatic carbocycles. The molecule has 9 unspecified atom stereocenters. The van der Waals surface area contributed by atoms with E-state index in [1.807, 2.05) is 0 Å². The Kier molecular flexibility index (Phi) is 44.7. The van der Waals surface area contributed by atoms with Gasteiger partial charge >= 0.3 is 0 Å². The van der Waals surface area contributed by atoms with Crippen LogP contribution in [-0.4, -0.2) is 5.48 Å². The van der Waals surface area contributed by atoms with Gasteiger partial charge in [-0.15, -0.1) is 0 Å². The quantitative estimate of drug-likeness (QED) is 0.154. The predicted octanol–water partition coefficient (Wildman–Crippen LogP) is 14.1. The molecule has 0 saturated carbocycles. The molecule has 2 N–H and O–H groups in total. The number of rotatable bonds is 16. The van der Waals surface area contributed by atoms with Gasteiger partial charge in [0.05, 0.1) is 0 Å². The highest BCUT2D eigenvalue weighted by Crippen LogP contribution is 2.27. The second-order valence-corrected chi connectivity index (χ2v) is 14.5. The Morgan fingerprint density at radius 1 is 0.238 bits per heavy atom. The lowest BCUT2D eigenvalue weighted by Gasteiger charge is -2.23. The van der Waals surface area contributed by atoms with Gasteiger partial charge < -0.3 is 5.48 Å². The first-order valence-electron chi connectivity index (χ1n) is 18.5. The molecule has 0 aromatic rings. The first-order chi connectivity index (χ1) is 18.5. The van der Waals surface area contributed by atoms with Crippen LogP contribution in [0.3, 0.4) is 0 Å². The molecule has 0 saturated heterocycles. The molecule has 0 heterocycles. The summed E-state index contributed by atoms with van der Waals surface area (Å²) in [4.78, 5) is 0. The van der Waals surface area contributed by atoms with Crippen LogP contribution in [0.25, 0.3) is 0 Å². The molecule has 0 radical (unpaired) electrons. The fourth-order valence-corrected chi connectivity index (χ4v) is 5.22. The van der Waals surface area contributed by atoms with Crippen LogP contribution in [-0.2, 0) is 0 Å². The minimum atomic E-state index is 0. The minimum absolute atomic E-state index is 0. The summed E-state index contributed by atoms with van der Waals surface area (Å²) in [7, 11) is 0. The van der Waals surface area contributed by atoms with Crippen molar-refractivity contribution in [2.75, 3.05) is 0 Å². The number of hydrogen-bond acceptors (Lipinski definition) is 0.